The highest BCUT2D eigenvalue weighted by Crippen LogP contribution is 2.24. The molecular formula is C9H12ClN3O3. The number of methoxy groups -OCH3 is 1. The molecule has 0 bridgehead atoms. The summed E-state index contributed by atoms with van der Waals surface area (Å²) >= 11 is 5.63. The minimum atomic E-state index is -0.516. The molecule has 1 aromatic rings. The van der Waals surface area contributed by atoms with E-state index in [1.807, 2.05) is 0 Å². The predicted molar refractivity (Wildman–Crippen MR) is 60.9 cm³/mol. The molecule has 16 heavy (non-hydrogen) atoms. The molecule has 0 aliphatic heterocycles. The molecule has 88 valence electrons. The van der Waals surface area contributed by atoms with Crippen molar-refractivity contribution in [2.75, 3.05) is 25.6 Å². The van der Waals surface area contributed by atoms with Gasteiger partial charge in [-0.1, -0.05) is 11.6 Å². The van der Waals surface area contributed by atoms with Gasteiger partial charge in [-0.05, 0) is 6.42 Å². The van der Waals surface area contributed by atoms with Crippen molar-refractivity contribution >= 4 is 23.1 Å². The van der Waals surface area contributed by atoms with Gasteiger partial charge in [-0.25, -0.2) is 4.98 Å². The summed E-state index contributed by atoms with van der Waals surface area (Å²) in [6, 6.07) is 1.27. The molecule has 0 fully saturated rings. The van der Waals surface area contributed by atoms with E-state index in [1.165, 1.54) is 12.3 Å². The second kappa shape index (κ2) is 6.24. The number of hydrogen-bond donors (Lipinski definition) is 1. The summed E-state index contributed by atoms with van der Waals surface area (Å²) in [6.07, 6.45) is 2.12. The summed E-state index contributed by atoms with van der Waals surface area (Å²) in [6.45, 7) is 1.15. The summed E-state index contributed by atoms with van der Waals surface area (Å²) in [7, 11) is 1.60. The molecule has 0 atom stereocenters. The Bertz CT molecular complexity index is 373. The number of nitrogens with zero attached hydrogens (tertiary/aromatic N) is 2. The first-order chi connectivity index (χ1) is 7.65. The maximum atomic E-state index is 10.7. The number of pyridine rings is 1. The van der Waals surface area contributed by atoms with Crippen LogP contribution < -0.4 is 5.32 Å². The highest BCUT2D eigenvalue weighted by molar-refractivity contribution is 6.30. The van der Waals surface area contributed by atoms with Gasteiger partial charge in [-0.15, -0.1) is 0 Å². The summed E-state index contributed by atoms with van der Waals surface area (Å²) in [4.78, 5) is 14.1. The van der Waals surface area contributed by atoms with Gasteiger partial charge < -0.3 is 10.1 Å². The Hall–Kier alpha value is -1.40. The molecule has 0 spiro atoms. The molecule has 6 nitrogen and oxygen atoms in total. The predicted octanol–water partition coefficient (Wildman–Crippen LogP) is 2.09. The smallest absolute Gasteiger partial charge is 0.312 e. The minimum absolute atomic E-state index is 0.120. The Labute approximate surface area is 97.7 Å². The third-order valence-electron chi connectivity index (χ3n) is 1.85. The second-order valence-corrected chi connectivity index (χ2v) is 3.49. The first kappa shape index (κ1) is 12.7. The first-order valence-corrected chi connectivity index (χ1v) is 5.05. The molecule has 0 saturated heterocycles. The van der Waals surface area contributed by atoms with Crippen LogP contribution in [0.2, 0.25) is 5.02 Å². The van der Waals surface area contributed by atoms with Crippen molar-refractivity contribution in [3.05, 3.63) is 27.4 Å². The first-order valence-electron chi connectivity index (χ1n) is 4.68. The van der Waals surface area contributed by atoms with Crippen LogP contribution in [0.25, 0.3) is 0 Å². The Kier molecular flexibility index (Phi) is 4.94. The van der Waals surface area contributed by atoms with Crippen LogP contribution in [0.3, 0.4) is 0 Å². The lowest BCUT2D eigenvalue weighted by atomic mass is 10.3. The van der Waals surface area contributed by atoms with E-state index in [0.717, 1.165) is 6.42 Å². The number of rotatable bonds is 6. The van der Waals surface area contributed by atoms with Gasteiger partial charge >= 0.3 is 5.69 Å². The number of aromatic nitrogens is 1. The van der Waals surface area contributed by atoms with Crippen molar-refractivity contribution in [1.29, 1.82) is 0 Å². The van der Waals surface area contributed by atoms with Crippen LogP contribution in [0.5, 0.6) is 0 Å². The third kappa shape index (κ3) is 3.63. The van der Waals surface area contributed by atoms with Crippen molar-refractivity contribution in [3.63, 3.8) is 0 Å². The van der Waals surface area contributed by atoms with Crippen LogP contribution in [0.15, 0.2) is 12.3 Å². The lowest BCUT2D eigenvalue weighted by molar-refractivity contribution is -0.384. The van der Waals surface area contributed by atoms with E-state index in [2.05, 4.69) is 10.3 Å². The topological polar surface area (TPSA) is 77.3 Å². The molecule has 1 N–H and O–H groups in total. The Morgan fingerprint density at radius 3 is 3.06 bits per heavy atom. The molecular weight excluding hydrogens is 234 g/mol. The lowest BCUT2D eigenvalue weighted by Crippen LogP contribution is -2.08. The average Bonchev–Trinajstić information content (AvgIpc) is 2.26. The SMILES string of the molecule is COCCCNc1ncc(Cl)cc1[N+](=O)[O-]. The summed E-state index contributed by atoms with van der Waals surface area (Å²) in [5.41, 5.74) is -0.120. The average molecular weight is 246 g/mol. The van der Waals surface area contributed by atoms with Gasteiger partial charge in [0.15, 0.2) is 0 Å². The molecule has 7 heteroatoms. The number of hydrogen-bond acceptors (Lipinski definition) is 5. The van der Waals surface area contributed by atoms with Crippen LogP contribution in [0.4, 0.5) is 11.5 Å². The van der Waals surface area contributed by atoms with E-state index in [0.29, 0.717) is 13.2 Å². The molecule has 0 aliphatic carbocycles. The zero-order valence-electron chi connectivity index (χ0n) is 8.77. The maximum absolute atomic E-state index is 10.7. The lowest BCUT2D eigenvalue weighted by Gasteiger charge is -2.05. The highest BCUT2D eigenvalue weighted by Gasteiger charge is 2.15. The largest absolute Gasteiger partial charge is 0.385 e. The van der Waals surface area contributed by atoms with E-state index in [4.69, 9.17) is 16.3 Å². The van der Waals surface area contributed by atoms with Crippen molar-refractivity contribution in [2.45, 2.75) is 6.42 Å². The van der Waals surface area contributed by atoms with Crippen molar-refractivity contribution in [2.24, 2.45) is 0 Å². The Morgan fingerprint density at radius 1 is 1.69 bits per heavy atom. The molecule has 0 saturated carbocycles. The fraction of sp³-hybridized carbons (Fsp3) is 0.444. The van der Waals surface area contributed by atoms with Gasteiger partial charge in [0.25, 0.3) is 0 Å². The van der Waals surface area contributed by atoms with Crippen LogP contribution >= 0.6 is 11.6 Å². The molecule has 1 rings (SSSR count). The monoisotopic (exact) mass is 245 g/mol. The van der Waals surface area contributed by atoms with Gasteiger partial charge in [-0.2, -0.15) is 0 Å². The summed E-state index contributed by atoms with van der Waals surface area (Å²) < 4.78 is 4.86. The molecule has 0 aromatic carbocycles. The zero-order valence-corrected chi connectivity index (χ0v) is 9.53. The van der Waals surface area contributed by atoms with E-state index in [9.17, 15) is 10.1 Å². The normalized spacial score (nSPS) is 10.1. The maximum Gasteiger partial charge on any atom is 0.312 e. The number of ether oxygens (including phenoxy) is 1. The number of halogens is 1. The van der Waals surface area contributed by atoms with Crippen molar-refractivity contribution < 1.29 is 9.66 Å². The standard InChI is InChI=1S/C9H12ClN3O3/c1-16-4-2-3-11-9-8(13(14)15)5-7(10)6-12-9/h5-6H,2-4H2,1H3,(H,11,12). The third-order valence-corrected chi connectivity index (χ3v) is 2.06. The van der Waals surface area contributed by atoms with Crippen molar-refractivity contribution in [3.8, 4) is 0 Å². The fourth-order valence-electron chi connectivity index (χ4n) is 1.13. The number of nitro groups is 1. The highest BCUT2D eigenvalue weighted by atomic mass is 35.5. The Morgan fingerprint density at radius 2 is 2.44 bits per heavy atom. The molecule has 0 unspecified atom stereocenters. The van der Waals surface area contributed by atoms with Crippen molar-refractivity contribution in [1.82, 2.24) is 4.98 Å². The molecule has 1 heterocycles. The van der Waals surface area contributed by atoms with Gasteiger partial charge in [0.05, 0.1) is 9.95 Å². The second-order valence-electron chi connectivity index (χ2n) is 3.05. The van der Waals surface area contributed by atoms with Gasteiger partial charge in [0.2, 0.25) is 5.82 Å². The van der Waals surface area contributed by atoms with Crippen LogP contribution in [0, 0.1) is 10.1 Å². The number of anilines is 1. The van der Waals surface area contributed by atoms with Crippen LogP contribution in [-0.2, 0) is 4.74 Å². The molecule has 0 amide bonds. The Balaban J connectivity index is 2.67. The van der Waals surface area contributed by atoms with Gasteiger partial charge in [0, 0.05) is 32.5 Å². The van der Waals surface area contributed by atoms with E-state index >= 15 is 0 Å². The van der Waals surface area contributed by atoms with Gasteiger partial charge in [-0.3, -0.25) is 10.1 Å². The minimum Gasteiger partial charge on any atom is -0.385 e. The van der Waals surface area contributed by atoms with E-state index < -0.39 is 4.92 Å². The van der Waals surface area contributed by atoms with Gasteiger partial charge in [0.1, 0.15) is 0 Å². The van der Waals surface area contributed by atoms with Crippen LogP contribution in [0.1, 0.15) is 6.42 Å². The summed E-state index contributed by atoms with van der Waals surface area (Å²) in [5, 5.41) is 13.8. The zero-order chi connectivity index (χ0) is 12.0. The molecule has 0 radical (unpaired) electrons. The molecule has 0 aliphatic rings. The van der Waals surface area contributed by atoms with Crippen LogP contribution in [-0.4, -0.2) is 30.2 Å². The summed E-state index contributed by atoms with van der Waals surface area (Å²) in [5.74, 6) is 0.227. The number of nitrogens with one attached hydrogen (secondary N) is 1. The fourth-order valence-corrected chi connectivity index (χ4v) is 1.28. The molecule has 1 aromatic heterocycles. The quantitative estimate of drug-likeness (QED) is 0.472. The van der Waals surface area contributed by atoms with E-state index in [-0.39, 0.29) is 16.5 Å². The van der Waals surface area contributed by atoms with E-state index in [1.54, 1.807) is 7.11 Å².